The molecule has 2 amide bonds. The summed E-state index contributed by atoms with van der Waals surface area (Å²) in [6.45, 7) is 6.37. The predicted molar refractivity (Wildman–Crippen MR) is 99.6 cm³/mol. The summed E-state index contributed by atoms with van der Waals surface area (Å²) in [6.07, 6.45) is 3.49. The summed E-state index contributed by atoms with van der Waals surface area (Å²) >= 11 is 0. The zero-order chi connectivity index (χ0) is 17.1. The Balaban J connectivity index is 1.59. The minimum atomic E-state index is -0.159. The second kappa shape index (κ2) is 7.08. The van der Waals surface area contributed by atoms with E-state index in [2.05, 4.69) is 60.9 Å². The molecule has 126 valence electrons. The van der Waals surface area contributed by atoms with Crippen LogP contribution in [0.1, 0.15) is 61.4 Å². The smallest absolute Gasteiger partial charge is 0.319 e. The Hall–Kier alpha value is -2.29. The molecule has 3 heteroatoms. The summed E-state index contributed by atoms with van der Waals surface area (Å²) in [5.74, 6) is 0.519. The van der Waals surface area contributed by atoms with Gasteiger partial charge in [-0.05, 0) is 66.5 Å². The highest BCUT2D eigenvalue weighted by Crippen LogP contribution is 2.25. The van der Waals surface area contributed by atoms with Crippen molar-refractivity contribution >= 4 is 11.7 Å². The normalized spacial score (nSPS) is 14.3. The maximum absolute atomic E-state index is 12.2. The van der Waals surface area contributed by atoms with E-state index in [1.807, 2.05) is 13.0 Å². The van der Waals surface area contributed by atoms with E-state index in [1.54, 1.807) is 0 Å². The quantitative estimate of drug-likeness (QED) is 0.800. The number of hydrogen-bond acceptors (Lipinski definition) is 1. The molecule has 0 bridgehead atoms. The van der Waals surface area contributed by atoms with Crippen molar-refractivity contribution in [2.45, 2.75) is 52.0 Å². The van der Waals surface area contributed by atoms with Crippen molar-refractivity contribution < 1.29 is 4.79 Å². The van der Waals surface area contributed by atoms with Crippen LogP contribution in [-0.2, 0) is 12.8 Å². The van der Waals surface area contributed by atoms with E-state index in [-0.39, 0.29) is 12.1 Å². The van der Waals surface area contributed by atoms with Gasteiger partial charge in [-0.25, -0.2) is 4.79 Å². The summed E-state index contributed by atoms with van der Waals surface area (Å²) in [7, 11) is 0. The molecule has 24 heavy (non-hydrogen) atoms. The van der Waals surface area contributed by atoms with Gasteiger partial charge in [-0.3, -0.25) is 0 Å². The van der Waals surface area contributed by atoms with Gasteiger partial charge in [-0.15, -0.1) is 0 Å². The van der Waals surface area contributed by atoms with Gasteiger partial charge in [-0.1, -0.05) is 44.2 Å². The number of benzene rings is 2. The Morgan fingerprint density at radius 3 is 2.29 bits per heavy atom. The van der Waals surface area contributed by atoms with Gasteiger partial charge in [-0.2, -0.15) is 0 Å². The van der Waals surface area contributed by atoms with Crippen LogP contribution in [0, 0.1) is 0 Å². The third-order valence-corrected chi connectivity index (χ3v) is 4.81. The van der Waals surface area contributed by atoms with E-state index in [4.69, 9.17) is 0 Å². The summed E-state index contributed by atoms with van der Waals surface area (Å²) in [5.41, 5.74) is 6.08. The van der Waals surface area contributed by atoms with Crippen molar-refractivity contribution in [3.05, 3.63) is 64.7 Å². The van der Waals surface area contributed by atoms with Crippen LogP contribution >= 0.6 is 0 Å². The lowest BCUT2D eigenvalue weighted by Crippen LogP contribution is -2.31. The molecule has 0 aliphatic heterocycles. The average molecular weight is 322 g/mol. The van der Waals surface area contributed by atoms with Crippen molar-refractivity contribution in [1.29, 1.82) is 0 Å². The largest absolute Gasteiger partial charge is 0.331 e. The second-order valence-electron chi connectivity index (χ2n) is 6.98. The number of carbonyl (C=O) groups is 1. The van der Waals surface area contributed by atoms with E-state index in [0.29, 0.717) is 5.92 Å². The molecule has 3 nitrogen and oxygen atoms in total. The molecule has 0 radical (unpaired) electrons. The van der Waals surface area contributed by atoms with Crippen LogP contribution in [0.2, 0.25) is 0 Å². The number of carbonyl (C=O) groups excluding carboxylic acids is 1. The second-order valence-corrected chi connectivity index (χ2v) is 6.98. The van der Waals surface area contributed by atoms with E-state index >= 15 is 0 Å². The molecule has 0 heterocycles. The molecule has 1 aliphatic carbocycles. The Morgan fingerprint density at radius 2 is 1.58 bits per heavy atom. The first-order valence-corrected chi connectivity index (χ1v) is 8.82. The third-order valence-electron chi connectivity index (χ3n) is 4.81. The van der Waals surface area contributed by atoms with Gasteiger partial charge in [0.1, 0.15) is 0 Å². The zero-order valence-electron chi connectivity index (χ0n) is 14.7. The maximum atomic E-state index is 12.2. The van der Waals surface area contributed by atoms with Gasteiger partial charge in [0, 0.05) is 5.69 Å². The highest BCUT2D eigenvalue weighted by molar-refractivity contribution is 5.89. The summed E-state index contributed by atoms with van der Waals surface area (Å²) in [5, 5.41) is 5.96. The van der Waals surface area contributed by atoms with E-state index in [1.165, 1.54) is 23.1 Å². The van der Waals surface area contributed by atoms with Crippen molar-refractivity contribution in [2.75, 3.05) is 5.32 Å². The molecule has 2 aromatic carbocycles. The number of amides is 2. The Bertz CT molecular complexity index is 719. The standard InChI is InChI=1S/C21H26N2O/c1-14(2)16-7-9-17(10-8-16)15(3)22-21(24)23-20-12-11-18-5-4-6-19(18)13-20/h7-15H,4-6H2,1-3H3,(H2,22,23,24)/t15-/m1/s1. The fourth-order valence-electron chi connectivity index (χ4n) is 3.27. The summed E-state index contributed by atoms with van der Waals surface area (Å²) < 4.78 is 0. The first-order valence-electron chi connectivity index (χ1n) is 8.82. The summed E-state index contributed by atoms with van der Waals surface area (Å²) in [6, 6.07) is 14.5. The molecule has 0 aromatic heterocycles. The minimum absolute atomic E-state index is 0.0272. The van der Waals surface area contributed by atoms with Crippen LogP contribution in [-0.4, -0.2) is 6.03 Å². The van der Waals surface area contributed by atoms with Crippen LogP contribution in [0.3, 0.4) is 0 Å². The molecule has 0 saturated heterocycles. The van der Waals surface area contributed by atoms with E-state index in [0.717, 1.165) is 24.1 Å². The Labute approximate surface area is 144 Å². The fourth-order valence-corrected chi connectivity index (χ4v) is 3.27. The lowest BCUT2D eigenvalue weighted by atomic mass is 10.00. The first kappa shape index (κ1) is 16.6. The molecule has 3 rings (SSSR count). The third kappa shape index (κ3) is 3.78. The molecule has 0 fully saturated rings. The molecule has 1 aliphatic rings. The Kier molecular flexibility index (Phi) is 4.89. The monoisotopic (exact) mass is 322 g/mol. The van der Waals surface area contributed by atoms with Crippen LogP contribution in [0.5, 0.6) is 0 Å². The van der Waals surface area contributed by atoms with Gasteiger partial charge < -0.3 is 10.6 Å². The molecule has 0 unspecified atom stereocenters. The van der Waals surface area contributed by atoms with E-state index < -0.39 is 0 Å². The lowest BCUT2D eigenvalue weighted by Gasteiger charge is -2.16. The molecular weight excluding hydrogens is 296 g/mol. The van der Waals surface area contributed by atoms with Crippen molar-refractivity contribution in [3.63, 3.8) is 0 Å². The molecule has 0 saturated carbocycles. The van der Waals surface area contributed by atoms with Crippen LogP contribution in [0.15, 0.2) is 42.5 Å². The van der Waals surface area contributed by atoms with Gasteiger partial charge in [0.05, 0.1) is 6.04 Å². The van der Waals surface area contributed by atoms with Gasteiger partial charge in [0.2, 0.25) is 0 Å². The molecule has 0 spiro atoms. The van der Waals surface area contributed by atoms with Gasteiger partial charge >= 0.3 is 6.03 Å². The van der Waals surface area contributed by atoms with Gasteiger partial charge in [0.25, 0.3) is 0 Å². The Morgan fingerprint density at radius 1 is 0.917 bits per heavy atom. The number of hydrogen-bond donors (Lipinski definition) is 2. The summed E-state index contributed by atoms with van der Waals surface area (Å²) in [4.78, 5) is 12.2. The van der Waals surface area contributed by atoms with Crippen LogP contribution in [0.25, 0.3) is 0 Å². The molecule has 2 aromatic rings. The van der Waals surface area contributed by atoms with Crippen LogP contribution < -0.4 is 10.6 Å². The number of rotatable bonds is 4. The van der Waals surface area contributed by atoms with Crippen LogP contribution in [0.4, 0.5) is 10.5 Å². The fraction of sp³-hybridized carbons (Fsp3) is 0.381. The first-order chi connectivity index (χ1) is 11.5. The minimum Gasteiger partial charge on any atom is -0.331 e. The highest BCUT2D eigenvalue weighted by Gasteiger charge is 2.13. The van der Waals surface area contributed by atoms with Crippen molar-refractivity contribution in [2.24, 2.45) is 0 Å². The number of urea groups is 1. The average Bonchev–Trinajstić information content (AvgIpc) is 3.02. The molecular formula is C21H26N2O. The van der Waals surface area contributed by atoms with Crippen molar-refractivity contribution in [1.82, 2.24) is 5.32 Å². The molecule has 1 atom stereocenters. The maximum Gasteiger partial charge on any atom is 0.319 e. The number of aryl methyl sites for hydroxylation is 2. The number of fused-ring (bicyclic) bond motifs is 1. The SMILES string of the molecule is CC(C)c1ccc([C@@H](C)NC(=O)Nc2ccc3c(c2)CCC3)cc1. The topological polar surface area (TPSA) is 41.1 Å². The van der Waals surface area contributed by atoms with Crippen molar-refractivity contribution in [3.8, 4) is 0 Å². The van der Waals surface area contributed by atoms with E-state index in [9.17, 15) is 4.79 Å². The highest BCUT2D eigenvalue weighted by atomic mass is 16.2. The number of anilines is 1. The predicted octanol–water partition coefficient (Wildman–Crippen LogP) is 5.18. The molecule has 2 N–H and O–H groups in total. The number of nitrogens with one attached hydrogen (secondary N) is 2. The zero-order valence-corrected chi connectivity index (χ0v) is 14.7. The lowest BCUT2D eigenvalue weighted by molar-refractivity contribution is 0.249. The van der Waals surface area contributed by atoms with Gasteiger partial charge in [0.15, 0.2) is 0 Å².